The molecule has 1 fully saturated rings. The monoisotopic (exact) mass is 377 g/mol. The van der Waals surface area contributed by atoms with Gasteiger partial charge in [0.15, 0.2) is 0 Å². The largest absolute Gasteiger partial charge is 0.481 e. The Morgan fingerprint density at radius 3 is 2.36 bits per heavy atom. The molecule has 3 aromatic rings. The molecule has 0 unspecified atom stereocenters. The van der Waals surface area contributed by atoms with Gasteiger partial charge in [-0.1, -0.05) is 60.7 Å². The molecule has 1 aliphatic heterocycles. The zero-order chi connectivity index (χ0) is 19.5. The van der Waals surface area contributed by atoms with Gasteiger partial charge in [-0.2, -0.15) is 4.80 Å². The number of rotatable bonds is 5. The molecule has 2 atom stereocenters. The van der Waals surface area contributed by atoms with E-state index in [1.807, 2.05) is 60.7 Å². The van der Waals surface area contributed by atoms with E-state index >= 15 is 0 Å². The van der Waals surface area contributed by atoms with E-state index in [0.717, 1.165) is 11.1 Å². The Balaban J connectivity index is 1.47. The highest BCUT2D eigenvalue weighted by Gasteiger charge is 2.40. The fraction of sp³-hybridized carbons (Fsp3) is 0.250. The van der Waals surface area contributed by atoms with Crippen LogP contribution < -0.4 is 0 Å². The summed E-state index contributed by atoms with van der Waals surface area (Å²) >= 11 is 0. The van der Waals surface area contributed by atoms with Crippen molar-refractivity contribution in [2.75, 3.05) is 13.1 Å². The van der Waals surface area contributed by atoms with E-state index in [-0.39, 0.29) is 24.9 Å². The third-order valence-electron chi connectivity index (χ3n) is 4.98. The first-order chi connectivity index (χ1) is 13.6. The fourth-order valence-corrected chi connectivity index (χ4v) is 3.53. The van der Waals surface area contributed by atoms with Crippen molar-refractivity contribution in [2.45, 2.75) is 12.5 Å². The maximum atomic E-state index is 12.7. The van der Waals surface area contributed by atoms with Gasteiger partial charge in [0.05, 0.1) is 5.92 Å². The smallest absolute Gasteiger partial charge is 0.308 e. The number of carboxylic acid groups (broad SMARTS) is 1. The predicted molar refractivity (Wildman–Crippen MR) is 100 cm³/mol. The first-order valence-electron chi connectivity index (χ1n) is 9.00. The van der Waals surface area contributed by atoms with Gasteiger partial charge >= 0.3 is 5.97 Å². The van der Waals surface area contributed by atoms with E-state index in [1.54, 1.807) is 4.90 Å². The van der Waals surface area contributed by atoms with Crippen LogP contribution in [0.2, 0.25) is 0 Å². The van der Waals surface area contributed by atoms with Gasteiger partial charge in [0, 0.05) is 24.6 Å². The van der Waals surface area contributed by atoms with Crippen LogP contribution >= 0.6 is 0 Å². The number of amides is 1. The zero-order valence-corrected chi connectivity index (χ0v) is 15.0. The Kier molecular flexibility index (Phi) is 4.84. The SMILES string of the molecule is O=C(O)[C@@H]1CN(C(=O)Cn2nnc(-c3ccccc3)n2)C[C@@H]1c1ccccc1. The van der Waals surface area contributed by atoms with Gasteiger partial charge < -0.3 is 10.0 Å². The van der Waals surface area contributed by atoms with Crippen molar-refractivity contribution in [2.24, 2.45) is 5.92 Å². The number of aromatic nitrogens is 4. The van der Waals surface area contributed by atoms with Crippen molar-refractivity contribution in [1.82, 2.24) is 25.1 Å². The molecule has 0 aliphatic carbocycles. The lowest BCUT2D eigenvalue weighted by Gasteiger charge is -2.16. The number of aliphatic carboxylic acids is 1. The Hall–Kier alpha value is -3.55. The van der Waals surface area contributed by atoms with Crippen molar-refractivity contribution in [3.8, 4) is 11.4 Å². The average Bonchev–Trinajstić information content (AvgIpc) is 3.37. The molecule has 0 bridgehead atoms. The number of likely N-dealkylation sites (tertiary alicyclic amines) is 1. The first-order valence-corrected chi connectivity index (χ1v) is 9.00. The molecule has 2 heterocycles. The van der Waals surface area contributed by atoms with Crippen LogP contribution in [0.25, 0.3) is 11.4 Å². The molecule has 1 aromatic heterocycles. The number of carbonyl (C=O) groups excluding carboxylic acids is 1. The highest BCUT2D eigenvalue weighted by Crippen LogP contribution is 2.33. The molecule has 142 valence electrons. The summed E-state index contributed by atoms with van der Waals surface area (Å²) in [6, 6.07) is 18.8. The number of nitrogens with zero attached hydrogens (tertiary/aromatic N) is 5. The van der Waals surface area contributed by atoms with Crippen LogP contribution in [0.15, 0.2) is 60.7 Å². The summed E-state index contributed by atoms with van der Waals surface area (Å²) in [7, 11) is 0. The molecule has 0 radical (unpaired) electrons. The minimum Gasteiger partial charge on any atom is -0.481 e. The summed E-state index contributed by atoms with van der Waals surface area (Å²) < 4.78 is 0. The molecule has 28 heavy (non-hydrogen) atoms. The van der Waals surface area contributed by atoms with Gasteiger partial charge in [-0.15, -0.1) is 10.2 Å². The van der Waals surface area contributed by atoms with Crippen LogP contribution in [0.1, 0.15) is 11.5 Å². The van der Waals surface area contributed by atoms with Gasteiger partial charge in [0.25, 0.3) is 0 Å². The lowest BCUT2D eigenvalue weighted by molar-refractivity contribution is -0.141. The molecule has 8 heteroatoms. The minimum absolute atomic E-state index is 0.0757. The summed E-state index contributed by atoms with van der Waals surface area (Å²) in [6.07, 6.45) is 0. The second-order valence-corrected chi connectivity index (χ2v) is 6.77. The van der Waals surface area contributed by atoms with Crippen LogP contribution in [0.3, 0.4) is 0 Å². The van der Waals surface area contributed by atoms with E-state index in [4.69, 9.17) is 0 Å². The molecule has 0 saturated carbocycles. The van der Waals surface area contributed by atoms with Crippen molar-refractivity contribution in [1.29, 1.82) is 0 Å². The lowest BCUT2D eigenvalue weighted by atomic mass is 9.89. The van der Waals surface area contributed by atoms with Gasteiger partial charge in [-0.25, -0.2) is 0 Å². The average molecular weight is 377 g/mol. The molecule has 1 aliphatic rings. The fourth-order valence-electron chi connectivity index (χ4n) is 3.53. The molecular formula is C20H19N5O3. The minimum atomic E-state index is -0.894. The molecule has 8 nitrogen and oxygen atoms in total. The maximum absolute atomic E-state index is 12.7. The molecule has 1 N–H and O–H groups in total. The Morgan fingerprint density at radius 2 is 1.68 bits per heavy atom. The molecular weight excluding hydrogens is 358 g/mol. The predicted octanol–water partition coefficient (Wildman–Crippen LogP) is 1.67. The van der Waals surface area contributed by atoms with E-state index in [2.05, 4.69) is 15.4 Å². The second kappa shape index (κ2) is 7.59. The van der Waals surface area contributed by atoms with Crippen LogP contribution in [-0.2, 0) is 16.1 Å². The van der Waals surface area contributed by atoms with Crippen LogP contribution in [0.4, 0.5) is 0 Å². The normalized spacial score (nSPS) is 18.9. The van der Waals surface area contributed by atoms with Crippen molar-refractivity contribution in [3.05, 3.63) is 66.2 Å². The first kappa shape index (κ1) is 17.8. The number of carboxylic acids is 1. The van der Waals surface area contributed by atoms with E-state index in [9.17, 15) is 14.7 Å². The number of hydrogen-bond acceptors (Lipinski definition) is 5. The van der Waals surface area contributed by atoms with Crippen molar-refractivity contribution >= 4 is 11.9 Å². The molecule has 2 aromatic carbocycles. The van der Waals surface area contributed by atoms with E-state index in [1.165, 1.54) is 4.80 Å². The summed E-state index contributed by atoms with van der Waals surface area (Å²) in [4.78, 5) is 27.2. The number of benzene rings is 2. The van der Waals surface area contributed by atoms with Crippen LogP contribution in [-0.4, -0.2) is 55.2 Å². The zero-order valence-electron chi connectivity index (χ0n) is 15.0. The van der Waals surface area contributed by atoms with Gasteiger partial charge in [-0.05, 0) is 10.8 Å². The number of hydrogen-bond donors (Lipinski definition) is 1. The number of tetrazole rings is 1. The Bertz CT molecular complexity index is 974. The molecule has 1 amide bonds. The van der Waals surface area contributed by atoms with E-state index < -0.39 is 11.9 Å². The second-order valence-electron chi connectivity index (χ2n) is 6.77. The quantitative estimate of drug-likeness (QED) is 0.726. The van der Waals surface area contributed by atoms with Crippen molar-refractivity contribution in [3.63, 3.8) is 0 Å². The topological polar surface area (TPSA) is 101 Å². The third-order valence-corrected chi connectivity index (χ3v) is 4.98. The molecule has 1 saturated heterocycles. The highest BCUT2D eigenvalue weighted by molar-refractivity contribution is 5.79. The van der Waals surface area contributed by atoms with Crippen LogP contribution in [0, 0.1) is 5.92 Å². The van der Waals surface area contributed by atoms with Gasteiger partial charge in [-0.3, -0.25) is 9.59 Å². The van der Waals surface area contributed by atoms with Crippen molar-refractivity contribution < 1.29 is 14.7 Å². The Morgan fingerprint density at radius 1 is 1.00 bits per heavy atom. The standard InChI is InChI=1S/C20H19N5O3/c26-18(13-25-22-19(21-23-25)15-9-5-2-6-10-15)24-11-16(17(12-24)20(27)28)14-7-3-1-4-8-14/h1-10,16-17H,11-13H2,(H,27,28)/t16-,17-/m1/s1. The molecule has 4 rings (SSSR count). The lowest BCUT2D eigenvalue weighted by Crippen LogP contribution is -2.33. The third kappa shape index (κ3) is 3.62. The summed E-state index contributed by atoms with van der Waals surface area (Å²) in [5.41, 5.74) is 1.74. The summed E-state index contributed by atoms with van der Waals surface area (Å²) in [5.74, 6) is -1.53. The highest BCUT2D eigenvalue weighted by atomic mass is 16.4. The summed E-state index contributed by atoms with van der Waals surface area (Å²) in [5, 5.41) is 21.8. The summed E-state index contributed by atoms with van der Waals surface area (Å²) in [6.45, 7) is 0.460. The molecule has 0 spiro atoms. The number of carbonyl (C=O) groups is 2. The maximum Gasteiger partial charge on any atom is 0.308 e. The van der Waals surface area contributed by atoms with Gasteiger partial charge in [0.2, 0.25) is 11.7 Å². The Labute approximate surface area is 161 Å². The van der Waals surface area contributed by atoms with Crippen LogP contribution in [0.5, 0.6) is 0 Å². The van der Waals surface area contributed by atoms with E-state index in [0.29, 0.717) is 12.4 Å². The van der Waals surface area contributed by atoms with Gasteiger partial charge in [0.1, 0.15) is 6.54 Å².